The highest BCUT2D eigenvalue weighted by Crippen LogP contribution is 2.29. The van der Waals surface area contributed by atoms with Crippen molar-refractivity contribution in [2.45, 2.75) is 6.10 Å². The van der Waals surface area contributed by atoms with Gasteiger partial charge in [0.15, 0.2) is 6.10 Å². The van der Waals surface area contributed by atoms with E-state index in [4.69, 9.17) is 9.47 Å². The first-order valence-electron chi connectivity index (χ1n) is 5.46. The number of para-hydroxylation sites is 2. The molecule has 96 valence electrons. The van der Waals surface area contributed by atoms with Crippen LogP contribution in [0, 0.1) is 0 Å². The third-order valence-electron chi connectivity index (χ3n) is 2.75. The van der Waals surface area contributed by atoms with E-state index in [0.29, 0.717) is 11.4 Å². The molecule has 0 spiro atoms. The van der Waals surface area contributed by atoms with Gasteiger partial charge in [0, 0.05) is 7.11 Å². The van der Waals surface area contributed by atoms with Crippen LogP contribution in [-0.4, -0.2) is 38.8 Å². The molecule has 1 aliphatic rings. The van der Waals surface area contributed by atoms with Gasteiger partial charge in [-0.25, -0.2) is 9.69 Å². The molecular formula is C12H14N2O4. The Morgan fingerprint density at radius 3 is 2.67 bits per heavy atom. The number of carbonyl (C=O) groups is 2. The molecule has 1 N–H and O–H groups in total. The van der Waals surface area contributed by atoms with Crippen molar-refractivity contribution in [3.05, 3.63) is 24.3 Å². The van der Waals surface area contributed by atoms with Crippen molar-refractivity contribution in [2.24, 2.45) is 0 Å². The van der Waals surface area contributed by atoms with Crippen LogP contribution >= 0.6 is 0 Å². The van der Waals surface area contributed by atoms with E-state index < -0.39 is 18.0 Å². The quantitative estimate of drug-likeness (QED) is 0.860. The van der Waals surface area contributed by atoms with Gasteiger partial charge in [-0.15, -0.1) is 0 Å². The lowest BCUT2D eigenvalue weighted by Gasteiger charge is -2.31. The van der Waals surface area contributed by atoms with E-state index >= 15 is 0 Å². The Balaban J connectivity index is 2.40. The van der Waals surface area contributed by atoms with Crippen molar-refractivity contribution in [1.29, 1.82) is 0 Å². The van der Waals surface area contributed by atoms with Crippen LogP contribution in [0.3, 0.4) is 0 Å². The van der Waals surface area contributed by atoms with Crippen molar-refractivity contribution in [2.75, 3.05) is 25.7 Å². The van der Waals surface area contributed by atoms with Crippen LogP contribution in [0.1, 0.15) is 0 Å². The molecule has 0 aliphatic carbocycles. The highest BCUT2D eigenvalue weighted by molar-refractivity contribution is 6.18. The summed E-state index contributed by atoms with van der Waals surface area (Å²) in [6, 6.07) is 6.36. The normalized spacial score (nSPS) is 19.7. The lowest BCUT2D eigenvalue weighted by molar-refractivity contribution is -0.128. The van der Waals surface area contributed by atoms with Crippen molar-refractivity contribution >= 4 is 17.6 Å². The van der Waals surface area contributed by atoms with Crippen molar-refractivity contribution < 1.29 is 19.1 Å². The van der Waals surface area contributed by atoms with E-state index in [1.54, 1.807) is 24.3 Å². The fourth-order valence-electron chi connectivity index (χ4n) is 1.82. The Kier molecular flexibility index (Phi) is 3.47. The first kappa shape index (κ1) is 12.4. The molecule has 0 saturated carbocycles. The van der Waals surface area contributed by atoms with E-state index in [2.05, 4.69) is 5.32 Å². The van der Waals surface area contributed by atoms with Crippen LogP contribution in [0.25, 0.3) is 0 Å². The Morgan fingerprint density at radius 1 is 1.28 bits per heavy atom. The second kappa shape index (κ2) is 5.05. The smallest absolute Gasteiger partial charge is 0.329 e. The maximum absolute atomic E-state index is 12.1. The summed E-state index contributed by atoms with van der Waals surface area (Å²) in [7, 11) is 2.92. The predicted molar refractivity (Wildman–Crippen MR) is 64.7 cm³/mol. The Morgan fingerprint density at radius 2 is 2.00 bits per heavy atom. The predicted octanol–water partition coefficient (Wildman–Crippen LogP) is 0.766. The van der Waals surface area contributed by atoms with Crippen LogP contribution in [0.5, 0.6) is 5.75 Å². The molecule has 1 atom stereocenters. The number of ether oxygens (including phenoxy) is 2. The lowest BCUT2D eigenvalue weighted by atomic mass is 10.2. The van der Waals surface area contributed by atoms with E-state index in [0.717, 1.165) is 4.90 Å². The highest BCUT2D eigenvalue weighted by Gasteiger charge is 2.36. The summed E-state index contributed by atoms with van der Waals surface area (Å²) in [5.41, 5.74) is 0.407. The first-order valence-corrected chi connectivity index (χ1v) is 5.46. The third kappa shape index (κ3) is 2.02. The summed E-state index contributed by atoms with van der Waals surface area (Å²) < 4.78 is 10.2. The van der Waals surface area contributed by atoms with E-state index in [1.807, 2.05) is 0 Å². The topological polar surface area (TPSA) is 67.9 Å². The average Bonchev–Trinajstić information content (AvgIpc) is 2.39. The molecule has 1 aliphatic heterocycles. The number of urea groups is 1. The van der Waals surface area contributed by atoms with Gasteiger partial charge in [-0.2, -0.15) is 0 Å². The minimum Gasteiger partial charge on any atom is -0.495 e. The average molecular weight is 250 g/mol. The SMILES string of the molecule is COc1ccccc1N1C(=O)NCC(OC)C1=O. The van der Waals surface area contributed by atoms with Gasteiger partial charge < -0.3 is 14.8 Å². The summed E-state index contributed by atoms with van der Waals surface area (Å²) in [5.74, 6) is 0.0588. The molecule has 0 aromatic heterocycles. The fraction of sp³-hybridized carbons (Fsp3) is 0.333. The zero-order valence-corrected chi connectivity index (χ0v) is 10.2. The second-order valence-electron chi connectivity index (χ2n) is 3.76. The number of nitrogens with one attached hydrogen (secondary N) is 1. The standard InChI is InChI=1S/C12H14N2O4/c1-17-9-6-4-3-5-8(9)14-11(15)10(18-2)7-13-12(14)16/h3-6,10H,7H2,1-2H3,(H,13,16). The molecule has 1 unspecified atom stereocenters. The van der Waals surface area contributed by atoms with Gasteiger partial charge in [0.2, 0.25) is 0 Å². The molecule has 18 heavy (non-hydrogen) atoms. The number of rotatable bonds is 3. The molecule has 1 saturated heterocycles. The molecular weight excluding hydrogens is 236 g/mol. The number of nitrogens with zero attached hydrogens (tertiary/aromatic N) is 1. The highest BCUT2D eigenvalue weighted by atomic mass is 16.5. The molecule has 0 bridgehead atoms. The van der Waals surface area contributed by atoms with Gasteiger partial charge >= 0.3 is 6.03 Å². The molecule has 0 radical (unpaired) electrons. The molecule has 1 fully saturated rings. The summed E-state index contributed by atoms with van der Waals surface area (Å²) in [4.78, 5) is 25.0. The van der Waals surface area contributed by atoms with E-state index in [-0.39, 0.29) is 6.54 Å². The zero-order valence-electron chi connectivity index (χ0n) is 10.2. The first-order chi connectivity index (χ1) is 8.69. The number of hydrogen-bond donors (Lipinski definition) is 1. The van der Waals surface area contributed by atoms with Crippen molar-refractivity contribution in [3.63, 3.8) is 0 Å². The number of imide groups is 1. The van der Waals surface area contributed by atoms with Gasteiger partial charge in [-0.05, 0) is 12.1 Å². The Labute approximate surface area is 104 Å². The van der Waals surface area contributed by atoms with Crippen LogP contribution in [0.4, 0.5) is 10.5 Å². The van der Waals surface area contributed by atoms with Gasteiger partial charge in [0.25, 0.3) is 5.91 Å². The van der Waals surface area contributed by atoms with Crippen molar-refractivity contribution in [3.8, 4) is 5.75 Å². The van der Waals surface area contributed by atoms with Gasteiger partial charge in [-0.3, -0.25) is 4.79 Å². The van der Waals surface area contributed by atoms with E-state index in [9.17, 15) is 9.59 Å². The summed E-state index contributed by atoms with van der Waals surface area (Å²) in [5, 5.41) is 2.60. The third-order valence-corrected chi connectivity index (χ3v) is 2.75. The maximum Gasteiger partial charge on any atom is 0.329 e. The van der Waals surface area contributed by atoms with Crippen LogP contribution < -0.4 is 15.0 Å². The number of hydrogen-bond acceptors (Lipinski definition) is 4. The molecule has 1 aromatic carbocycles. The number of carbonyl (C=O) groups excluding carboxylic acids is 2. The van der Waals surface area contributed by atoms with E-state index in [1.165, 1.54) is 14.2 Å². The molecule has 3 amide bonds. The Bertz CT molecular complexity index is 475. The number of methoxy groups -OCH3 is 2. The summed E-state index contributed by atoms with van der Waals surface area (Å²) >= 11 is 0. The van der Waals surface area contributed by atoms with Crippen molar-refractivity contribution in [1.82, 2.24) is 5.32 Å². The fourth-order valence-corrected chi connectivity index (χ4v) is 1.82. The molecule has 2 rings (SSSR count). The second-order valence-corrected chi connectivity index (χ2v) is 3.76. The minimum atomic E-state index is -0.674. The Hall–Kier alpha value is -2.08. The maximum atomic E-state index is 12.1. The number of amides is 3. The van der Waals surface area contributed by atoms with Gasteiger partial charge in [0.05, 0.1) is 19.3 Å². The van der Waals surface area contributed by atoms with Crippen LogP contribution in [0.2, 0.25) is 0 Å². The largest absolute Gasteiger partial charge is 0.495 e. The van der Waals surface area contributed by atoms with Crippen LogP contribution in [0.15, 0.2) is 24.3 Å². The zero-order chi connectivity index (χ0) is 13.1. The molecule has 6 heteroatoms. The summed E-state index contributed by atoms with van der Waals surface area (Å²) in [6.45, 7) is 0.180. The molecule has 1 aromatic rings. The minimum absolute atomic E-state index is 0.180. The number of benzene rings is 1. The monoisotopic (exact) mass is 250 g/mol. The summed E-state index contributed by atoms with van der Waals surface area (Å²) in [6.07, 6.45) is -0.674. The lowest BCUT2D eigenvalue weighted by Crippen LogP contribution is -2.58. The van der Waals surface area contributed by atoms with Gasteiger partial charge in [0.1, 0.15) is 5.75 Å². The molecule has 6 nitrogen and oxygen atoms in total. The number of anilines is 1. The van der Waals surface area contributed by atoms with Crippen LogP contribution in [-0.2, 0) is 9.53 Å². The molecule has 1 heterocycles. The van der Waals surface area contributed by atoms with Gasteiger partial charge in [-0.1, -0.05) is 12.1 Å².